The zero-order valence-corrected chi connectivity index (χ0v) is 9.61. The third kappa shape index (κ3) is 2.73. The number of carbonyl (C=O) groups is 1. The highest BCUT2D eigenvalue weighted by Gasteiger charge is 2.34. The number of hydrogen-bond donors (Lipinski definition) is 2. The topological polar surface area (TPSA) is 41.1 Å². The molecule has 2 aliphatic carbocycles. The first-order chi connectivity index (χ1) is 7.79. The van der Waals surface area contributed by atoms with Gasteiger partial charge < -0.3 is 10.6 Å². The summed E-state index contributed by atoms with van der Waals surface area (Å²) in [6, 6.07) is 0. The van der Waals surface area contributed by atoms with Crippen molar-refractivity contribution < 1.29 is 4.79 Å². The molecule has 1 fully saturated rings. The maximum Gasteiger partial charge on any atom is 0.234 e. The lowest BCUT2D eigenvalue weighted by Gasteiger charge is -2.18. The number of fused-ring (bicyclic) bond motifs is 2. The molecule has 3 heteroatoms. The van der Waals surface area contributed by atoms with Gasteiger partial charge in [0.1, 0.15) is 0 Å². The van der Waals surface area contributed by atoms with Crippen molar-refractivity contribution in [2.45, 2.75) is 12.8 Å². The molecule has 2 N–H and O–H groups in total. The fourth-order valence-corrected chi connectivity index (χ4v) is 2.75. The van der Waals surface area contributed by atoms with Gasteiger partial charge in [0, 0.05) is 6.54 Å². The van der Waals surface area contributed by atoms with E-state index in [0.717, 1.165) is 24.3 Å². The summed E-state index contributed by atoms with van der Waals surface area (Å²) in [7, 11) is 0. The predicted octanol–water partition coefficient (Wildman–Crippen LogP) is 1.09. The van der Waals surface area contributed by atoms with Crippen molar-refractivity contribution in [2.75, 3.05) is 19.6 Å². The van der Waals surface area contributed by atoms with Crippen LogP contribution in [0.15, 0.2) is 24.8 Å². The zero-order valence-electron chi connectivity index (χ0n) is 9.61. The molecule has 2 aliphatic rings. The van der Waals surface area contributed by atoms with Gasteiger partial charge in [-0.3, -0.25) is 4.79 Å². The molecule has 16 heavy (non-hydrogen) atoms. The number of rotatable bonds is 6. The third-order valence-electron chi connectivity index (χ3n) is 3.55. The van der Waals surface area contributed by atoms with Gasteiger partial charge in [0.05, 0.1) is 6.54 Å². The molecular weight excluding hydrogens is 200 g/mol. The van der Waals surface area contributed by atoms with Gasteiger partial charge >= 0.3 is 0 Å². The Kier molecular flexibility index (Phi) is 3.78. The van der Waals surface area contributed by atoms with Crippen molar-refractivity contribution in [3.8, 4) is 0 Å². The summed E-state index contributed by atoms with van der Waals surface area (Å²) in [5, 5.41) is 6.00. The molecule has 0 heterocycles. The Balaban J connectivity index is 1.60. The van der Waals surface area contributed by atoms with Crippen molar-refractivity contribution >= 4 is 5.91 Å². The molecule has 2 rings (SSSR count). The summed E-state index contributed by atoms with van der Waals surface area (Å²) in [5.74, 6) is 2.36. The molecule has 0 saturated heterocycles. The summed E-state index contributed by atoms with van der Waals surface area (Å²) in [5.41, 5.74) is 0. The zero-order chi connectivity index (χ0) is 11.4. The highest BCUT2D eigenvalue weighted by atomic mass is 16.1. The van der Waals surface area contributed by atoms with Crippen LogP contribution in [0.25, 0.3) is 0 Å². The normalized spacial score (nSPS) is 30.6. The maximum absolute atomic E-state index is 11.3. The standard InChI is InChI=1S/C13H20N2O/c1-2-5-15-13(16)9-14-8-12-7-10-3-4-11(12)6-10/h2-4,10-12,14H,1,5-9H2,(H,15,16). The highest BCUT2D eigenvalue weighted by Crippen LogP contribution is 2.42. The molecule has 1 amide bonds. The molecule has 0 spiro atoms. The van der Waals surface area contributed by atoms with Crippen LogP contribution in [0.2, 0.25) is 0 Å². The van der Waals surface area contributed by atoms with Crippen LogP contribution in [-0.4, -0.2) is 25.5 Å². The van der Waals surface area contributed by atoms with Gasteiger partial charge in [-0.05, 0) is 37.1 Å². The first-order valence-electron chi connectivity index (χ1n) is 6.06. The lowest BCUT2D eigenvalue weighted by Crippen LogP contribution is -2.36. The van der Waals surface area contributed by atoms with Crippen molar-refractivity contribution in [1.29, 1.82) is 0 Å². The van der Waals surface area contributed by atoms with E-state index in [1.165, 1.54) is 12.8 Å². The van der Waals surface area contributed by atoms with Gasteiger partial charge in [0.2, 0.25) is 5.91 Å². The molecule has 3 nitrogen and oxygen atoms in total. The van der Waals surface area contributed by atoms with Crippen LogP contribution in [0.3, 0.4) is 0 Å². The monoisotopic (exact) mass is 220 g/mol. The quantitative estimate of drug-likeness (QED) is 0.658. The summed E-state index contributed by atoms with van der Waals surface area (Å²) >= 11 is 0. The molecular formula is C13H20N2O. The number of nitrogens with one attached hydrogen (secondary N) is 2. The smallest absolute Gasteiger partial charge is 0.234 e. The number of amides is 1. The van der Waals surface area contributed by atoms with Gasteiger partial charge in [-0.1, -0.05) is 18.2 Å². The second-order valence-electron chi connectivity index (χ2n) is 4.76. The first kappa shape index (κ1) is 11.4. The Bertz CT molecular complexity index is 298. The van der Waals surface area contributed by atoms with E-state index < -0.39 is 0 Å². The van der Waals surface area contributed by atoms with E-state index in [0.29, 0.717) is 13.1 Å². The summed E-state index contributed by atoms with van der Waals surface area (Å²) in [4.78, 5) is 11.3. The lowest BCUT2D eigenvalue weighted by atomic mass is 9.94. The van der Waals surface area contributed by atoms with Crippen molar-refractivity contribution in [3.05, 3.63) is 24.8 Å². The second kappa shape index (κ2) is 5.30. The minimum absolute atomic E-state index is 0.0543. The Hall–Kier alpha value is -1.09. The Morgan fingerprint density at radius 1 is 1.44 bits per heavy atom. The average molecular weight is 220 g/mol. The molecule has 0 aromatic carbocycles. The number of carbonyl (C=O) groups excluding carboxylic acids is 1. The van der Waals surface area contributed by atoms with E-state index in [2.05, 4.69) is 29.4 Å². The van der Waals surface area contributed by atoms with Crippen LogP contribution < -0.4 is 10.6 Å². The van der Waals surface area contributed by atoms with E-state index in [1.54, 1.807) is 6.08 Å². The molecule has 1 saturated carbocycles. The van der Waals surface area contributed by atoms with Gasteiger partial charge in [0.25, 0.3) is 0 Å². The van der Waals surface area contributed by atoms with Crippen LogP contribution in [0.1, 0.15) is 12.8 Å². The van der Waals surface area contributed by atoms with E-state index in [4.69, 9.17) is 0 Å². The van der Waals surface area contributed by atoms with Crippen molar-refractivity contribution in [3.63, 3.8) is 0 Å². The van der Waals surface area contributed by atoms with Crippen LogP contribution in [0.5, 0.6) is 0 Å². The Morgan fingerprint density at radius 3 is 2.94 bits per heavy atom. The maximum atomic E-state index is 11.3. The predicted molar refractivity (Wildman–Crippen MR) is 64.9 cm³/mol. The van der Waals surface area contributed by atoms with Crippen molar-refractivity contribution in [2.24, 2.45) is 17.8 Å². The molecule has 0 radical (unpaired) electrons. The van der Waals surface area contributed by atoms with E-state index in [1.807, 2.05) is 0 Å². The van der Waals surface area contributed by atoms with Crippen LogP contribution in [0, 0.1) is 17.8 Å². The van der Waals surface area contributed by atoms with E-state index >= 15 is 0 Å². The highest BCUT2D eigenvalue weighted by molar-refractivity contribution is 5.78. The van der Waals surface area contributed by atoms with Gasteiger partial charge in [-0.25, -0.2) is 0 Å². The Morgan fingerprint density at radius 2 is 2.31 bits per heavy atom. The number of hydrogen-bond acceptors (Lipinski definition) is 2. The molecule has 0 aromatic rings. The minimum atomic E-state index is 0.0543. The summed E-state index contributed by atoms with van der Waals surface area (Å²) < 4.78 is 0. The second-order valence-corrected chi connectivity index (χ2v) is 4.76. The average Bonchev–Trinajstić information content (AvgIpc) is 2.88. The molecule has 2 bridgehead atoms. The fourth-order valence-electron chi connectivity index (χ4n) is 2.75. The van der Waals surface area contributed by atoms with Crippen molar-refractivity contribution in [1.82, 2.24) is 10.6 Å². The molecule has 3 atom stereocenters. The minimum Gasteiger partial charge on any atom is -0.352 e. The summed E-state index contributed by atoms with van der Waals surface area (Å²) in [6.45, 7) is 5.50. The Labute approximate surface area is 97.0 Å². The molecule has 0 aromatic heterocycles. The van der Waals surface area contributed by atoms with Crippen LogP contribution >= 0.6 is 0 Å². The van der Waals surface area contributed by atoms with E-state index in [-0.39, 0.29) is 5.91 Å². The molecule has 3 unspecified atom stereocenters. The molecule has 0 aliphatic heterocycles. The van der Waals surface area contributed by atoms with Crippen LogP contribution in [0.4, 0.5) is 0 Å². The fraction of sp³-hybridized carbons (Fsp3) is 0.615. The van der Waals surface area contributed by atoms with E-state index in [9.17, 15) is 4.79 Å². The van der Waals surface area contributed by atoms with Gasteiger partial charge in [0.15, 0.2) is 0 Å². The largest absolute Gasteiger partial charge is 0.352 e. The molecule has 88 valence electrons. The summed E-state index contributed by atoms with van der Waals surface area (Å²) in [6.07, 6.45) is 9.01. The van der Waals surface area contributed by atoms with Gasteiger partial charge in [-0.15, -0.1) is 6.58 Å². The van der Waals surface area contributed by atoms with Crippen LogP contribution in [-0.2, 0) is 4.79 Å². The third-order valence-corrected chi connectivity index (χ3v) is 3.55. The van der Waals surface area contributed by atoms with Gasteiger partial charge in [-0.2, -0.15) is 0 Å². The first-order valence-corrected chi connectivity index (χ1v) is 6.06. The number of allylic oxidation sites excluding steroid dienone is 2. The SMILES string of the molecule is C=CCNC(=O)CNCC1CC2C=CC1C2. The lowest BCUT2D eigenvalue weighted by molar-refractivity contribution is -0.120.